The minimum absolute atomic E-state index is 0.112. The number of ether oxygens (including phenoxy) is 1. The van der Waals surface area contributed by atoms with Crippen LogP contribution in [0.1, 0.15) is 30.7 Å². The van der Waals surface area contributed by atoms with E-state index in [0.717, 1.165) is 11.6 Å². The van der Waals surface area contributed by atoms with E-state index in [9.17, 15) is 18.4 Å². The van der Waals surface area contributed by atoms with Gasteiger partial charge in [-0.3, -0.25) is 9.59 Å². The van der Waals surface area contributed by atoms with Gasteiger partial charge >= 0.3 is 5.97 Å². The Morgan fingerprint density at radius 1 is 1.11 bits per heavy atom. The van der Waals surface area contributed by atoms with Crippen molar-refractivity contribution in [2.75, 3.05) is 19.7 Å². The maximum Gasteiger partial charge on any atom is 0.306 e. The highest BCUT2D eigenvalue weighted by atomic mass is 19.1. The van der Waals surface area contributed by atoms with E-state index in [1.807, 2.05) is 29.2 Å². The van der Waals surface area contributed by atoms with Gasteiger partial charge in [0.2, 0.25) is 5.91 Å². The zero-order valence-electron chi connectivity index (χ0n) is 15.4. The molecule has 1 atom stereocenters. The summed E-state index contributed by atoms with van der Waals surface area (Å²) < 4.78 is 31.9. The third-order valence-electron chi connectivity index (χ3n) is 5.56. The average Bonchev–Trinajstić information content (AvgIpc) is 3.05. The van der Waals surface area contributed by atoms with Crippen LogP contribution in [0.4, 0.5) is 8.78 Å². The molecule has 0 N–H and O–H groups in total. The minimum Gasteiger partial charge on any atom is -0.465 e. The molecule has 0 saturated carbocycles. The maximum atomic E-state index is 13.9. The van der Waals surface area contributed by atoms with Gasteiger partial charge in [0.1, 0.15) is 11.6 Å². The standard InChI is InChI=1S/C22H21F2NO3/c23-18-6-7-19(20(24)10-18)16-4-2-15(3-5-16)17-11-25(12-17)21(26)8-1-14-9-22(27)28-13-14/h2-7,10,14,17H,1,8-9,11-13H2/t14-/m1/s1. The molecule has 0 radical (unpaired) electrons. The van der Waals surface area contributed by atoms with Crippen LogP contribution < -0.4 is 0 Å². The van der Waals surface area contributed by atoms with E-state index >= 15 is 0 Å². The Balaban J connectivity index is 1.29. The second-order valence-electron chi connectivity index (χ2n) is 7.53. The molecule has 28 heavy (non-hydrogen) atoms. The van der Waals surface area contributed by atoms with Crippen LogP contribution in [0, 0.1) is 17.6 Å². The zero-order valence-corrected chi connectivity index (χ0v) is 15.4. The van der Waals surface area contributed by atoms with Crippen LogP contribution in [0.25, 0.3) is 11.1 Å². The number of rotatable bonds is 5. The van der Waals surface area contributed by atoms with Gasteiger partial charge in [-0.05, 0) is 29.7 Å². The summed E-state index contributed by atoms with van der Waals surface area (Å²) in [7, 11) is 0. The predicted octanol–water partition coefficient (Wildman–Crippen LogP) is 3.90. The third kappa shape index (κ3) is 3.91. The fourth-order valence-electron chi connectivity index (χ4n) is 3.79. The second-order valence-corrected chi connectivity index (χ2v) is 7.53. The number of hydrogen-bond donors (Lipinski definition) is 0. The Hall–Kier alpha value is -2.76. The quantitative estimate of drug-likeness (QED) is 0.734. The number of benzene rings is 2. The van der Waals surface area contributed by atoms with Crippen molar-refractivity contribution in [3.8, 4) is 11.1 Å². The van der Waals surface area contributed by atoms with E-state index in [1.165, 1.54) is 12.1 Å². The molecule has 146 valence electrons. The summed E-state index contributed by atoms with van der Waals surface area (Å²) in [5, 5.41) is 0. The summed E-state index contributed by atoms with van der Waals surface area (Å²) >= 11 is 0. The van der Waals surface area contributed by atoms with E-state index in [0.29, 0.717) is 50.1 Å². The molecule has 0 unspecified atom stereocenters. The number of carbonyl (C=O) groups excluding carboxylic acids is 2. The number of amides is 1. The Morgan fingerprint density at radius 2 is 1.86 bits per heavy atom. The van der Waals surface area contributed by atoms with Crippen LogP contribution in [0.2, 0.25) is 0 Å². The van der Waals surface area contributed by atoms with Gasteiger partial charge in [0.05, 0.1) is 13.0 Å². The van der Waals surface area contributed by atoms with Gasteiger partial charge in [-0.15, -0.1) is 0 Å². The third-order valence-corrected chi connectivity index (χ3v) is 5.56. The molecular formula is C22H21F2NO3. The largest absolute Gasteiger partial charge is 0.465 e. The average molecular weight is 385 g/mol. The van der Waals surface area contributed by atoms with Crippen molar-refractivity contribution in [2.24, 2.45) is 5.92 Å². The number of esters is 1. The Labute approximate surface area is 162 Å². The molecule has 1 amide bonds. The van der Waals surface area contributed by atoms with Gasteiger partial charge in [-0.2, -0.15) is 0 Å². The van der Waals surface area contributed by atoms with Crippen molar-refractivity contribution < 1.29 is 23.1 Å². The molecule has 4 nitrogen and oxygen atoms in total. The first-order valence-electron chi connectivity index (χ1n) is 9.48. The highest BCUT2D eigenvalue weighted by Gasteiger charge is 2.32. The van der Waals surface area contributed by atoms with Crippen LogP contribution in [0.15, 0.2) is 42.5 Å². The van der Waals surface area contributed by atoms with Gasteiger partial charge in [-0.25, -0.2) is 8.78 Å². The van der Waals surface area contributed by atoms with E-state index in [-0.39, 0.29) is 23.7 Å². The summed E-state index contributed by atoms with van der Waals surface area (Å²) in [5.74, 6) is -0.807. The van der Waals surface area contributed by atoms with Crippen LogP contribution in [0.5, 0.6) is 0 Å². The SMILES string of the molecule is O=C1C[C@@H](CCC(=O)N2CC(c3ccc(-c4ccc(F)cc4F)cc3)C2)CO1. The van der Waals surface area contributed by atoms with Crippen molar-refractivity contribution >= 4 is 11.9 Å². The summed E-state index contributed by atoms with van der Waals surface area (Å²) in [4.78, 5) is 25.2. The fourth-order valence-corrected chi connectivity index (χ4v) is 3.79. The van der Waals surface area contributed by atoms with E-state index in [4.69, 9.17) is 4.74 Å². The van der Waals surface area contributed by atoms with Crippen molar-refractivity contribution in [2.45, 2.75) is 25.2 Å². The van der Waals surface area contributed by atoms with Gasteiger partial charge in [0.25, 0.3) is 0 Å². The molecule has 2 aliphatic heterocycles. The molecule has 0 aliphatic carbocycles. The molecule has 2 aromatic rings. The molecule has 0 aromatic heterocycles. The molecule has 2 aliphatic rings. The van der Waals surface area contributed by atoms with Crippen molar-refractivity contribution in [1.29, 1.82) is 0 Å². The molecular weight excluding hydrogens is 364 g/mol. The molecule has 6 heteroatoms. The van der Waals surface area contributed by atoms with E-state index in [1.54, 1.807) is 0 Å². The van der Waals surface area contributed by atoms with Gasteiger partial charge in [0.15, 0.2) is 0 Å². The summed E-state index contributed by atoms with van der Waals surface area (Å²) in [6.07, 6.45) is 1.54. The normalized spacial score (nSPS) is 19.4. The number of nitrogens with zero attached hydrogens (tertiary/aromatic N) is 1. The second kappa shape index (κ2) is 7.70. The predicted molar refractivity (Wildman–Crippen MR) is 99.4 cm³/mol. The minimum atomic E-state index is -0.593. The molecule has 0 bridgehead atoms. The maximum absolute atomic E-state index is 13.9. The van der Waals surface area contributed by atoms with Crippen molar-refractivity contribution in [3.05, 3.63) is 59.7 Å². The zero-order chi connectivity index (χ0) is 19.7. The number of carbonyl (C=O) groups is 2. The lowest BCUT2D eigenvalue weighted by Crippen LogP contribution is -2.48. The molecule has 4 rings (SSSR count). The Bertz CT molecular complexity index is 891. The van der Waals surface area contributed by atoms with Crippen molar-refractivity contribution in [3.63, 3.8) is 0 Å². The molecule has 2 saturated heterocycles. The van der Waals surface area contributed by atoms with Crippen LogP contribution in [0.3, 0.4) is 0 Å². The van der Waals surface area contributed by atoms with Gasteiger partial charge in [-0.1, -0.05) is 24.3 Å². The number of likely N-dealkylation sites (tertiary alicyclic amines) is 1. The van der Waals surface area contributed by atoms with Gasteiger partial charge < -0.3 is 9.64 Å². The van der Waals surface area contributed by atoms with Crippen LogP contribution in [-0.2, 0) is 14.3 Å². The number of hydrogen-bond acceptors (Lipinski definition) is 3. The first kappa shape index (κ1) is 18.6. The lowest BCUT2D eigenvalue weighted by molar-refractivity contribution is -0.138. The first-order valence-corrected chi connectivity index (χ1v) is 9.48. The number of halogens is 2. The highest BCUT2D eigenvalue weighted by Crippen LogP contribution is 2.31. The van der Waals surface area contributed by atoms with Crippen LogP contribution >= 0.6 is 0 Å². The molecule has 2 aromatic carbocycles. The monoisotopic (exact) mass is 385 g/mol. The highest BCUT2D eigenvalue weighted by molar-refractivity contribution is 5.77. The summed E-state index contributed by atoms with van der Waals surface area (Å²) in [6.45, 7) is 1.77. The lowest BCUT2D eigenvalue weighted by Gasteiger charge is -2.40. The van der Waals surface area contributed by atoms with E-state index < -0.39 is 11.6 Å². The van der Waals surface area contributed by atoms with Crippen LogP contribution in [-0.4, -0.2) is 36.5 Å². The lowest BCUT2D eigenvalue weighted by atomic mass is 9.89. The number of cyclic esters (lactones) is 1. The van der Waals surface area contributed by atoms with Gasteiger partial charge in [0, 0.05) is 43.0 Å². The summed E-state index contributed by atoms with van der Waals surface area (Å²) in [5.41, 5.74) is 2.17. The summed E-state index contributed by atoms with van der Waals surface area (Å²) in [6, 6.07) is 11.1. The molecule has 2 fully saturated rings. The Morgan fingerprint density at radius 3 is 2.50 bits per heavy atom. The topological polar surface area (TPSA) is 46.6 Å². The smallest absolute Gasteiger partial charge is 0.306 e. The van der Waals surface area contributed by atoms with E-state index in [2.05, 4.69) is 0 Å². The van der Waals surface area contributed by atoms with Crippen molar-refractivity contribution in [1.82, 2.24) is 4.90 Å². The molecule has 2 heterocycles. The Kier molecular flexibility index (Phi) is 5.11. The fraction of sp³-hybridized carbons (Fsp3) is 0.364. The molecule has 0 spiro atoms. The first-order chi connectivity index (χ1) is 13.5.